The fourth-order valence-corrected chi connectivity index (χ4v) is 2.06. The van der Waals surface area contributed by atoms with E-state index in [1.54, 1.807) is 24.4 Å². The van der Waals surface area contributed by atoms with Gasteiger partial charge in [0, 0.05) is 5.02 Å². The fourth-order valence-electron chi connectivity index (χ4n) is 1.60. The van der Waals surface area contributed by atoms with E-state index < -0.39 is 0 Å². The summed E-state index contributed by atoms with van der Waals surface area (Å²) < 4.78 is 5.30. The van der Waals surface area contributed by atoms with Crippen LogP contribution in [0.3, 0.4) is 0 Å². The van der Waals surface area contributed by atoms with Crippen LogP contribution >= 0.6 is 23.2 Å². The first kappa shape index (κ1) is 16.3. The molecular formula is C16H14Cl2N2O2. The highest BCUT2D eigenvalue weighted by molar-refractivity contribution is 6.35. The van der Waals surface area contributed by atoms with Crippen molar-refractivity contribution >= 4 is 35.3 Å². The van der Waals surface area contributed by atoms with E-state index >= 15 is 0 Å². The van der Waals surface area contributed by atoms with E-state index in [0.717, 1.165) is 11.1 Å². The summed E-state index contributed by atoms with van der Waals surface area (Å²) in [6.45, 7) is 1.81. The average Bonchev–Trinajstić information content (AvgIpc) is 2.48. The Hall–Kier alpha value is -2.04. The summed E-state index contributed by atoms with van der Waals surface area (Å²) in [5, 5.41) is 4.72. The Labute approximate surface area is 138 Å². The highest BCUT2D eigenvalue weighted by atomic mass is 35.5. The summed E-state index contributed by atoms with van der Waals surface area (Å²) >= 11 is 11.7. The third kappa shape index (κ3) is 5.06. The van der Waals surface area contributed by atoms with Gasteiger partial charge in [0.05, 0.1) is 11.2 Å². The number of benzene rings is 2. The molecule has 0 aliphatic heterocycles. The van der Waals surface area contributed by atoms with Crippen LogP contribution in [-0.4, -0.2) is 18.7 Å². The summed E-state index contributed by atoms with van der Waals surface area (Å²) in [6.07, 6.45) is 1.56. The number of nitrogens with zero attached hydrogens (tertiary/aromatic N) is 1. The van der Waals surface area contributed by atoms with Crippen molar-refractivity contribution in [1.29, 1.82) is 0 Å². The molecule has 2 rings (SSSR count). The molecule has 0 bridgehead atoms. The molecule has 0 atom stereocenters. The molecule has 2 aromatic rings. The molecule has 6 heteroatoms. The van der Waals surface area contributed by atoms with Crippen LogP contribution in [0, 0.1) is 6.92 Å². The number of aryl methyl sites for hydroxylation is 1. The van der Waals surface area contributed by atoms with Crippen molar-refractivity contribution < 1.29 is 9.53 Å². The molecule has 1 amide bonds. The van der Waals surface area contributed by atoms with Gasteiger partial charge in [0.25, 0.3) is 5.91 Å². The summed E-state index contributed by atoms with van der Waals surface area (Å²) in [5.41, 5.74) is 4.44. The maximum Gasteiger partial charge on any atom is 0.277 e. The van der Waals surface area contributed by atoms with Gasteiger partial charge in [0.1, 0.15) is 5.75 Å². The highest BCUT2D eigenvalue weighted by Crippen LogP contribution is 2.27. The lowest BCUT2D eigenvalue weighted by Crippen LogP contribution is -2.24. The molecule has 0 spiro atoms. The van der Waals surface area contributed by atoms with E-state index in [9.17, 15) is 4.79 Å². The third-order valence-electron chi connectivity index (χ3n) is 2.73. The van der Waals surface area contributed by atoms with Gasteiger partial charge < -0.3 is 4.74 Å². The van der Waals surface area contributed by atoms with E-state index in [2.05, 4.69) is 10.5 Å². The Morgan fingerprint density at radius 1 is 1.23 bits per heavy atom. The number of ether oxygens (including phenoxy) is 1. The number of hydrogen-bond donors (Lipinski definition) is 1. The quantitative estimate of drug-likeness (QED) is 0.666. The lowest BCUT2D eigenvalue weighted by Gasteiger charge is -2.06. The van der Waals surface area contributed by atoms with Gasteiger partial charge in [-0.1, -0.05) is 53.0 Å². The lowest BCUT2D eigenvalue weighted by atomic mass is 10.2. The first-order valence-electron chi connectivity index (χ1n) is 6.51. The fraction of sp³-hybridized carbons (Fsp3) is 0.125. The normalized spacial score (nSPS) is 10.7. The second kappa shape index (κ2) is 7.82. The lowest BCUT2D eigenvalue weighted by molar-refractivity contribution is -0.123. The maximum absolute atomic E-state index is 11.6. The Kier molecular flexibility index (Phi) is 5.81. The van der Waals surface area contributed by atoms with Crippen LogP contribution in [0.2, 0.25) is 10.0 Å². The molecule has 114 valence electrons. The van der Waals surface area contributed by atoms with Crippen LogP contribution < -0.4 is 10.2 Å². The van der Waals surface area contributed by atoms with Crippen molar-refractivity contribution in [3.05, 3.63) is 63.6 Å². The number of hydrazone groups is 1. The second-order valence-electron chi connectivity index (χ2n) is 4.57. The zero-order chi connectivity index (χ0) is 15.9. The van der Waals surface area contributed by atoms with Gasteiger partial charge in [-0.2, -0.15) is 5.10 Å². The number of amides is 1. The SMILES string of the molecule is Cc1ccc(C=NNC(=O)COc2ccc(Cl)cc2Cl)cc1. The van der Waals surface area contributed by atoms with E-state index in [1.807, 2.05) is 31.2 Å². The Bertz CT molecular complexity index is 685. The van der Waals surface area contributed by atoms with Gasteiger partial charge in [-0.25, -0.2) is 5.43 Å². The molecule has 0 saturated heterocycles. The van der Waals surface area contributed by atoms with Gasteiger partial charge in [0.15, 0.2) is 6.61 Å². The van der Waals surface area contributed by atoms with E-state index in [-0.39, 0.29) is 12.5 Å². The van der Waals surface area contributed by atoms with Crippen molar-refractivity contribution in [3.8, 4) is 5.75 Å². The highest BCUT2D eigenvalue weighted by Gasteiger charge is 2.05. The van der Waals surface area contributed by atoms with Gasteiger partial charge in [-0.05, 0) is 30.7 Å². The van der Waals surface area contributed by atoms with Gasteiger partial charge in [0.2, 0.25) is 0 Å². The second-order valence-corrected chi connectivity index (χ2v) is 5.41. The van der Waals surface area contributed by atoms with Crippen LogP contribution in [0.15, 0.2) is 47.6 Å². The molecule has 0 aromatic heterocycles. The van der Waals surface area contributed by atoms with Crippen molar-refractivity contribution in [2.24, 2.45) is 5.10 Å². The average molecular weight is 337 g/mol. The predicted octanol–water partition coefficient (Wildman–Crippen LogP) is 3.83. The predicted molar refractivity (Wildman–Crippen MR) is 88.9 cm³/mol. The molecule has 1 N–H and O–H groups in total. The zero-order valence-corrected chi connectivity index (χ0v) is 13.4. The third-order valence-corrected chi connectivity index (χ3v) is 3.26. The minimum absolute atomic E-state index is 0.188. The van der Waals surface area contributed by atoms with Gasteiger partial charge in [-0.3, -0.25) is 4.79 Å². The molecule has 0 aliphatic carbocycles. The van der Waals surface area contributed by atoms with Gasteiger partial charge in [-0.15, -0.1) is 0 Å². The van der Waals surface area contributed by atoms with Gasteiger partial charge >= 0.3 is 0 Å². The minimum Gasteiger partial charge on any atom is -0.482 e. The molecule has 4 nitrogen and oxygen atoms in total. The van der Waals surface area contributed by atoms with E-state index in [1.165, 1.54) is 0 Å². The molecule has 0 radical (unpaired) electrons. The summed E-state index contributed by atoms with van der Waals surface area (Å²) in [6, 6.07) is 12.5. The molecule has 0 aliphatic rings. The number of carbonyl (C=O) groups is 1. The summed E-state index contributed by atoms with van der Waals surface area (Å²) in [7, 11) is 0. The van der Waals surface area contributed by atoms with Crippen LogP contribution in [-0.2, 0) is 4.79 Å². The zero-order valence-electron chi connectivity index (χ0n) is 11.8. The Morgan fingerprint density at radius 3 is 2.64 bits per heavy atom. The molecule has 0 saturated carbocycles. The van der Waals surface area contributed by atoms with Crippen molar-refractivity contribution in [3.63, 3.8) is 0 Å². The molecule has 22 heavy (non-hydrogen) atoms. The molecule has 2 aromatic carbocycles. The number of carbonyl (C=O) groups excluding carboxylic acids is 1. The topological polar surface area (TPSA) is 50.7 Å². The first-order valence-corrected chi connectivity index (χ1v) is 7.26. The number of nitrogens with one attached hydrogen (secondary N) is 1. The monoisotopic (exact) mass is 336 g/mol. The number of rotatable bonds is 5. The molecule has 0 fully saturated rings. The van der Waals surface area contributed by atoms with Crippen LogP contribution in [0.5, 0.6) is 5.75 Å². The Morgan fingerprint density at radius 2 is 1.95 bits per heavy atom. The van der Waals surface area contributed by atoms with E-state index in [4.69, 9.17) is 27.9 Å². The van der Waals surface area contributed by atoms with Crippen LogP contribution in [0.25, 0.3) is 0 Å². The van der Waals surface area contributed by atoms with Crippen LogP contribution in [0.4, 0.5) is 0 Å². The van der Waals surface area contributed by atoms with E-state index in [0.29, 0.717) is 15.8 Å². The van der Waals surface area contributed by atoms with Crippen molar-refractivity contribution in [2.75, 3.05) is 6.61 Å². The first-order chi connectivity index (χ1) is 10.5. The summed E-state index contributed by atoms with van der Waals surface area (Å²) in [4.78, 5) is 11.6. The Balaban J connectivity index is 1.81. The number of hydrogen-bond acceptors (Lipinski definition) is 3. The van der Waals surface area contributed by atoms with Crippen molar-refractivity contribution in [1.82, 2.24) is 5.43 Å². The smallest absolute Gasteiger partial charge is 0.277 e. The number of halogens is 2. The maximum atomic E-state index is 11.6. The molecular weight excluding hydrogens is 323 g/mol. The largest absolute Gasteiger partial charge is 0.482 e. The minimum atomic E-state index is -0.380. The standard InChI is InChI=1S/C16H14Cl2N2O2/c1-11-2-4-12(5-3-11)9-19-20-16(21)10-22-15-7-6-13(17)8-14(15)18/h2-9H,10H2,1H3,(H,20,21). The van der Waals surface area contributed by atoms with Crippen LogP contribution in [0.1, 0.15) is 11.1 Å². The molecule has 0 heterocycles. The molecule has 0 unspecified atom stereocenters. The summed E-state index contributed by atoms with van der Waals surface area (Å²) in [5.74, 6) is 0.0121. The van der Waals surface area contributed by atoms with Crippen molar-refractivity contribution in [2.45, 2.75) is 6.92 Å².